The molecular weight excluding hydrogens is 448 g/mol. The molecule has 0 unspecified atom stereocenters. The Morgan fingerprint density at radius 2 is 1.91 bits per heavy atom. The number of ketones is 2. The Hall–Kier alpha value is -3.86. The maximum absolute atomic E-state index is 13.4. The Kier molecular flexibility index (Phi) is 5.60. The summed E-state index contributed by atoms with van der Waals surface area (Å²) in [5, 5.41) is 35.4. The number of nitroso groups, excluding NO2 is 1. The maximum atomic E-state index is 13.4. The lowest BCUT2D eigenvalue weighted by molar-refractivity contribution is -0.157. The summed E-state index contributed by atoms with van der Waals surface area (Å²) < 4.78 is 4.66. The van der Waals surface area contributed by atoms with E-state index in [0.29, 0.717) is 11.1 Å². The van der Waals surface area contributed by atoms with E-state index in [1.807, 2.05) is 0 Å². The van der Waals surface area contributed by atoms with E-state index in [1.165, 1.54) is 13.2 Å². The number of aliphatic hydroxyl groups is 2. The highest BCUT2D eigenvalue weighted by Crippen LogP contribution is 2.51. The minimum Gasteiger partial charge on any atom is -0.507 e. The molecule has 1 fully saturated rings. The Balaban J connectivity index is 1.83. The molecule has 5 N–H and O–H groups in total. The van der Waals surface area contributed by atoms with Gasteiger partial charge >= 0.3 is 5.97 Å². The Morgan fingerprint density at radius 1 is 1.21 bits per heavy atom. The van der Waals surface area contributed by atoms with Crippen LogP contribution in [0.5, 0.6) is 5.75 Å². The molecule has 0 radical (unpaired) electrons. The van der Waals surface area contributed by atoms with E-state index in [-0.39, 0.29) is 49.0 Å². The summed E-state index contributed by atoms with van der Waals surface area (Å²) in [6.45, 7) is 0. The number of phenolic OH excluding ortho intramolecular Hbond substituents is 1. The minimum atomic E-state index is -2.70. The van der Waals surface area contributed by atoms with E-state index in [1.54, 1.807) is 6.07 Å². The van der Waals surface area contributed by atoms with Crippen LogP contribution in [0.4, 0.5) is 0 Å². The third-order valence-electron chi connectivity index (χ3n) is 6.97. The molecule has 3 aliphatic rings. The number of methoxy groups -OCH3 is 1. The van der Waals surface area contributed by atoms with E-state index in [4.69, 9.17) is 5.73 Å². The van der Waals surface area contributed by atoms with E-state index >= 15 is 0 Å². The van der Waals surface area contributed by atoms with Crippen LogP contribution >= 0.6 is 0 Å². The standard InChI is InChI=1S/C23H22N2O9/c1-34-15(27)5-3-9-2-4-14(26)17-12(9)7-10-6-11-8-13(25-33)18(22(24)31)21(30)23(11,32)20(29)16(10)19(17)28/h2,4,10-11,26,28,32H,3,5-8H2,1H3,(H2,24,31)/t10-,11+,23+/m1/s1. The number of primary amides is 1. The molecule has 1 amide bonds. The van der Waals surface area contributed by atoms with Crippen LogP contribution in [-0.4, -0.2) is 51.5 Å². The molecule has 34 heavy (non-hydrogen) atoms. The van der Waals surface area contributed by atoms with Crippen molar-refractivity contribution >= 4 is 29.2 Å². The lowest BCUT2D eigenvalue weighted by atomic mass is 9.58. The minimum absolute atomic E-state index is 0.0178. The molecule has 0 saturated heterocycles. The number of benzene rings is 1. The Morgan fingerprint density at radius 3 is 2.53 bits per heavy atom. The number of allylic oxidation sites excluding steroid dienone is 1. The van der Waals surface area contributed by atoms with Crippen LogP contribution in [0.1, 0.15) is 36.0 Å². The van der Waals surface area contributed by atoms with E-state index in [0.717, 1.165) is 0 Å². The number of ether oxygens (including phenoxy) is 1. The SMILES string of the molecule is COC(=O)CCc1ccc(O)c2c1C[C@H]1C[C@H]3CC(N=O)=C(C(N)=O)C(=O)[C@@]3(O)C(=O)C1=C2O. The maximum Gasteiger partial charge on any atom is 0.305 e. The first-order valence-electron chi connectivity index (χ1n) is 10.6. The first-order valence-corrected chi connectivity index (χ1v) is 10.6. The van der Waals surface area contributed by atoms with Crippen molar-refractivity contribution in [3.8, 4) is 5.75 Å². The van der Waals surface area contributed by atoms with Crippen LogP contribution in [0, 0.1) is 16.7 Å². The highest BCUT2D eigenvalue weighted by atomic mass is 16.5. The largest absolute Gasteiger partial charge is 0.507 e. The third-order valence-corrected chi connectivity index (χ3v) is 6.97. The van der Waals surface area contributed by atoms with Crippen LogP contribution in [-0.2, 0) is 36.8 Å². The average Bonchev–Trinajstić information content (AvgIpc) is 2.79. The molecule has 1 aromatic rings. The summed E-state index contributed by atoms with van der Waals surface area (Å²) in [5.74, 6) is -6.79. The number of carbonyl (C=O) groups is 4. The van der Waals surface area contributed by atoms with Crippen LogP contribution < -0.4 is 5.73 Å². The summed E-state index contributed by atoms with van der Waals surface area (Å²) in [4.78, 5) is 61.1. The molecule has 1 saturated carbocycles. The summed E-state index contributed by atoms with van der Waals surface area (Å²) >= 11 is 0. The topological polar surface area (TPSA) is 194 Å². The van der Waals surface area contributed by atoms with Gasteiger partial charge in [-0.3, -0.25) is 19.2 Å². The predicted octanol–water partition coefficient (Wildman–Crippen LogP) is 0.738. The van der Waals surface area contributed by atoms with E-state index < -0.39 is 57.9 Å². The molecule has 0 aromatic heterocycles. The molecule has 178 valence electrons. The number of nitrogens with two attached hydrogens (primary N) is 1. The molecule has 3 atom stereocenters. The van der Waals surface area contributed by atoms with Gasteiger partial charge in [0.15, 0.2) is 5.60 Å². The number of fused-ring (bicyclic) bond motifs is 3. The van der Waals surface area contributed by atoms with Crippen molar-refractivity contribution in [2.75, 3.05) is 7.11 Å². The first kappa shape index (κ1) is 23.3. The Bertz CT molecular complexity index is 1230. The number of rotatable bonds is 5. The van der Waals surface area contributed by atoms with Gasteiger partial charge in [-0.2, -0.15) is 0 Å². The average molecular weight is 470 g/mol. The van der Waals surface area contributed by atoms with Crippen molar-refractivity contribution < 1.29 is 39.2 Å². The van der Waals surface area contributed by atoms with Crippen LogP contribution in [0.15, 0.2) is 34.2 Å². The number of carbonyl (C=O) groups excluding carboxylic acids is 4. The number of aliphatic hydroxyl groups excluding tert-OH is 1. The molecule has 0 aliphatic heterocycles. The fourth-order valence-electron chi connectivity index (χ4n) is 5.34. The number of esters is 1. The van der Waals surface area contributed by atoms with Crippen molar-refractivity contribution in [2.24, 2.45) is 22.7 Å². The van der Waals surface area contributed by atoms with Crippen LogP contribution in [0.25, 0.3) is 5.76 Å². The number of hydrogen-bond acceptors (Lipinski definition) is 10. The predicted molar refractivity (Wildman–Crippen MR) is 115 cm³/mol. The molecule has 11 nitrogen and oxygen atoms in total. The highest BCUT2D eigenvalue weighted by Gasteiger charge is 2.61. The first-order chi connectivity index (χ1) is 16.1. The number of nitrogens with zero attached hydrogens (tertiary/aromatic N) is 1. The van der Waals surface area contributed by atoms with Crippen molar-refractivity contribution in [3.05, 3.63) is 50.6 Å². The van der Waals surface area contributed by atoms with Gasteiger partial charge < -0.3 is 25.8 Å². The lowest BCUT2D eigenvalue weighted by Gasteiger charge is -2.45. The van der Waals surface area contributed by atoms with Gasteiger partial charge in [-0.15, -0.1) is 4.91 Å². The summed E-state index contributed by atoms with van der Waals surface area (Å²) in [6, 6.07) is 2.92. The molecule has 0 heterocycles. The second-order valence-corrected chi connectivity index (χ2v) is 8.68. The molecule has 1 aromatic carbocycles. The van der Waals surface area contributed by atoms with Gasteiger partial charge in [0.2, 0.25) is 11.6 Å². The summed E-state index contributed by atoms with van der Waals surface area (Å²) in [5.41, 5.74) is 2.16. The van der Waals surface area contributed by atoms with Crippen molar-refractivity contribution in [1.29, 1.82) is 0 Å². The number of aromatic hydroxyl groups is 1. The third kappa shape index (κ3) is 3.23. The van der Waals surface area contributed by atoms with Crippen LogP contribution in [0.3, 0.4) is 0 Å². The fourth-order valence-corrected chi connectivity index (χ4v) is 5.34. The van der Waals surface area contributed by atoms with Gasteiger partial charge in [0.05, 0.1) is 12.7 Å². The quantitative estimate of drug-likeness (QED) is 0.208. The highest BCUT2D eigenvalue weighted by molar-refractivity contribution is 6.32. The fraction of sp³-hybridized carbons (Fsp3) is 0.391. The van der Waals surface area contributed by atoms with Gasteiger partial charge in [0.1, 0.15) is 22.8 Å². The summed E-state index contributed by atoms with van der Waals surface area (Å²) in [6.07, 6.45) is 0.184. The number of phenols is 1. The molecule has 3 aliphatic carbocycles. The van der Waals surface area contributed by atoms with Gasteiger partial charge in [0, 0.05) is 24.3 Å². The normalized spacial score (nSPS) is 25.9. The zero-order valence-corrected chi connectivity index (χ0v) is 18.2. The monoisotopic (exact) mass is 470 g/mol. The zero-order chi connectivity index (χ0) is 24.9. The molecule has 11 heteroatoms. The van der Waals surface area contributed by atoms with Gasteiger partial charge in [-0.25, -0.2) is 0 Å². The van der Waals surface area contributed by atoms with Crippen LogP contribution in [0.2, 0.25) is 0 Å². The molecular formula is C23H22N2O9. The number of hydrogen-bond donors (Lipinski definition) is 4. The van der Waals surface area contributed by atoms with Gasteiger partial charge in [-0.1, -0.05) is 6.07 Å². The lowest BCUT2D eigenvalue weighted by Crippen LogP contribution is -2.61. The van der Waals surface area contributed by atoms with Gasteiger partial charge in [-0.05, 0) is 47.6 Å². The van der Waals surface area contributed by atoms with E-state index in [2.05, 4.69) is 9.91 Å². The smallest absolute Gasteiger partial charge is 0.305 e. The number of amides is 1. The zero-order valence-electron chi connectivity index (χ0n) is 18.2. The second-order valence-electron chi connectivity index (χ2n) is 8.68. The van der Waals surface area contributed by atoms with Crippen molar-refractivity contribution in [2.45, 2.75) is 37.7 Å². The van der Waals surface area contributed by atoms with E-state index in [9.17, 15) is 39.4 Å². The van der Waals surface area contributed by atoms with Crippen molar-refractivity contribution in [3.63, 3.8) is 0 Å². The molecule has 0 spiro atoms. The van der Waals surface area contributed by atoms with Gasteiger partial charge in [0.25, 0.3) is 5.91 Å². The Labute approximate surface area is 192 Å². The number of aryl methyl sites for hydroxylation is 1. The molecule has 0 bridgehead atoms. The molecule has 4 rings (SSSR count). The van der Waals surface area contributed by atoms with Crippen molar-refractivity contribution in [1.82, 2.24) is 0 Å². The second kappa shape index (κ2) is 8.17. The number of Topliss-reactive ketones (excluding diaryl/α,β-unsaturated/α-hetero) is 2. The summed E-state index contributed by atoms with van der Waals surface area (Å²) in [7, 11) is 1.26.